The van der Waals surface area contributed by atoms with Crippen LogP contribution in [0.1, 0.15) is 71.6 Å². The van der Waals surface area contributed by atoms with Gasteiger partial charge in [0, 0.05) is 13.3 Å². The normalized spacial score (nSPS) is 49.1. The smallest absolute Gasteiger partial charge is 0.302 e. The molecule has 1 N–H and O–H groups in total. The molecule has 140 valence electrons. The molecule has 0 bridgehead atoms. The number of carbonyl (C=O) groups is 2. The standard InChI is InChI=1S/C21H32O4/c1-13(23)25-15-7-9-20(2)14(11-15)3-4-16-17(20)8-10-21(12-22)18(16)5-6-19(21)24/h14-18,22H,3-12H2,1-2H3/t14-,15-,16+,17+,18-,20-,21+/m0/s1. The molecule has 0 radical (unpaired) electrons. The van der Waals surface area contributed by atoms with E-state index in [0.29, 0.717) is 41.3 Å². The molecule has 4 fully saturated rings. The van der Waals surface area contributed by atoms with Gasteiger partial charge in [0.2, 0.25) is 0 Å². The maximum absolute atomic E-state index is 12.5. The third-order valence-electron chi connectivity index (χ3n) is 8.68. The van der Waals surface area contributed by atoms with Crippen LogP contribution in [0.25, 0.3) is 0 Å². The summed E-state index contributed by atoms with van der Waals surface area (Å²) in [5, 5.41) is 10.1. The van der Waals surface area contributed by atoms with Crippen molar-refractivity contribution in [3.63, 3.8) is 0 Å². The molecule has 7 atom stereocenters. The van der Waals surface area contributed by atoms with Gasteiger partial charge in [-0.15, -0.1) is 0 Å². The Labute approximate surface area is 150 Å². The lowest BCUT2D eigenvalue weighted by Crippen LogP contribution is -2.55. The second-order valence-corrected chi connectivity index (χ2v) is 9.48. The van der Waals surface area contributed by atoms with Crippen molar-refractivity contribution in [3.05, 3.63) is 0 Å². The van der Waals surface area contributed by atoms with Crippen LogP contribution in [-0.2, 0) is 14.3 Å². The Morgan fingerprint density at radius 2 is 1.96 bits per heavy atom. The lowest BCUT2D eigenvalue weighted by molar-refractivity contribution is -0.162. The van der Waals surface area contributed by atoms with E-state index >= 15 is 0 Å². The average Bonchev–Trinajstić information content (AvgIpc) is 2.92. The molecule has 0 unspecified atom stereocenters. The SMILES string of the molecule is CC(=O)O[C@H]1CC[C@@]2(C)[C@@H](CC[C@@H]3[C@H]2CC[C@]2(CO)C(=O)CC[C@@H]32)C1. The van der Waals surface area contributed by atoms with E-state index in [2.05, 4.69) is 6.92 Å². The molecule has 4 nitrogen and oxygen atoms in total. The van der Waals surface area contributed by atoms with E-state index in [-0.39, 0.29) is 18.7 Å². The van der Waals surface area contributed by atoms with Gasteiger partial charge < -0.3 is 9.84 Å². The molecule has 0 aromatic carbocycles. The van der Waals surface area contributed by atoms with Crippen molar-refractivity contribution in [1.82, 2.24) is 0 Å². The lowest BCUT2D eigenvalue weighted by Gasteiger charge is -2.60. The summed E-state index contributed by atoms with van der Waals surface area (Å²) in [4.78, 5) is 23.9. The number of ether oxygens (including phenoxy) is 1. The van der Waals surface area contributed by atoms with E-state index in [9.17, 15) is 14.7 Å². The number of fused-ring (bicyclic) bond motifs is 5. The third kappa shape index (κ3) is 2.50. The van der Waals surface area contributed by atoms with Crippen molar-refractivity contribution in [3.8, 4) is 0 Å². The molecule has 4 aliphatic carbocycles. The number of Topliss-reactive ketones (excluding diaryl/α,β-unsaturated/α-hetero) is 1. The molecular weight excluding hydrogens is 316 g/mol. The minimum Gasteiger partial charge on any atom is -0.463 e. The van der Waals surface area contributed by atoms with Crippen LogP contribution in [0.5, 0.6) is 0 Å². The van der Waals surface area contributed by atoms with Crippen LogP contribution in [0.2, 0.25) is 0 Å². The summed E-state index contributed by atoms with van der Waals surface area (Å²) in [6.07, 6.45) is 9.19. The molecule has 4 saturated carbocycles. The molecule has 25 heavy (non-hydrogen) atoms. The van der Waals surface area contributed by atoms with Gasteiger partial charge in [0.15, 0.2) is 0 Å². The molecular formula is C21H32O4. The zero-order chi connectivity index (χ0) is 17.8. The highest BCUT2D eigenvalue weighted by molar-refractivity contribution is 5.87. The van der Waals surface area contributed by atoms with E-state index in [1.54, 1.807) is 0 Å². The molecule has 0 amide bonds. The molecule has 0 aromatic heterocycles. The Bertz CT molecular complexity index is 572. The summed E-state index contributed by atoms with van der Waals surface area (Å²) < 4.78 is 5.52. The number of ketones is 1. The van der Waals surface area contributed by atoms with Crippen molar-refractivity contribution < 1.29 is 19.4 Å². The second-order valence-electron chi connectivity index (χ2n) is 9.48. The molecule has 0 aliphatic heterocycles. The monoisotopic (exact) mass is 348 g/mol. The van der Waals surface area contributed by atoms with Gasteiger partial charge in [-0.25, -0.2) is 0 Å². The number of esters is 1. The Morgan fingerprint density at radius 1 is 1.16 bits per heavy atom. The minimum absolute atomic E-state index is 0.0500. The van der Waals surface area contributed by atoms with E-state index in [0.717, 1.165) is 38.5 Å². The van der Waals surface area contributed by atoms with Crippen LogP contribution in [0, 0.1) is 34.5 Å². The van der Waals surface area contributed by atoms with Gasteiger partial charge >= 0.3 is 5.97 Å². The molecule has 0 saturated heterocycles. The summed E-state index contributed by atoms with van der Waals surface area (Å²) in [6, 6.07) is 0. The fraction of sp³-hybridized carbons (Fsp3) is 0.905. The fourth-order valence-electron chi connectivity index (χ4n) is 7.43. The highest BCUT2D eigenvalue weighted by Crippen LogP contribution is 2.65. The third-order valence-corrected chi connectivity index (χ3v) is 8.68. The van der Waals surface area contributed by atoms with Crippen molar-refractivity contribution in [2.45, 2.75) is 77.7 Å². The largest absolute Gasteiger partial charge is 0.463 e. The molecule has 0 spiro atoms. The topological polar surface area (TPSA) is 63.6 Å². The summed E-state index contributed by atoms with van der Waals surface area (Å²) in [5.74, 6) is 2.46. The summed E-state index contributed by atoms with van der Waals surface area (Å²) in [6.45, 7) is 4.02. The first-order valence-electron chi connectivity index (χ1n) is 10.2. The highest BCUT2D eigenvalue weighted by Gasteiger charge is 2.61. The van der Waals surface area contributed by atoms with Gasteiger partial charge in [0.1, 0.15) is 11.9 Å². The maximum Gasteiger partial charge on any atom is 0.302 e. The zero-order valence-corrected chi connectivity index (χ0v) is 15.6. The van der Waals surface area contributed by atoms with Crippen LogP contribution in [0.4, 0.5) is 0 Å². The number of carbonyl (C=O) groups excluding carboxylic acids is 2. The second kappa shape index (κ2) is 6.07. The van der Waals surface area contributed by atoms with Gasteiger partial charge in [-0.3, -0.25) is 9.59 Å². The highest BCUT2D eigenvalue weighted by atomic mass is 16.5. The Hall–Kier alpha value is -0.900. The number of hydrogen-bond acceptors (Lipinski definition) is 4. The van der Waals surface area contributed by atoms with Crippen LogP contribution in [0.15, 0.2) is 0 Å². The Morgan fingerprint density at radius 3 is 2.68 bits per heavy atom. The van der Waals surface area contributed by atoms with Crippen LogP contribution in [0.3, 0.4) is 0 Å². The quantitative estimate of drug-likeness (QED) is 0.776. The first-order valence-corrected chi connectivity index (χ1v) is 10.2. The van der Waals surface area contributed by atoms with Gasteiger partial charge in [-0.2, -0.15) is 0 Å². The number of aliphatic hydroxyl groups excluding tert-OH is 1. The van der Waals surface area contributed by atoms with E-state index in [1.165, 1.54) is 19.8 Å². The predicted octanol–water partition coefficient (Wildman–Crippen LogP) is 3.50. The van der Waals surface area contributed by atoms with Crippen LogP contribution < -0.4 is 0 Å². The molecule has 0 aromatic rings. The summed E-state index contributed by atoms with van der Waals surface area (Å²) >= 11 is 0. The Balaban J connectivity index is 1.55. The maximum atomic E-state index is 12.5. The first-order chi connectivity index (χ1) is 11.9. The van der Waals surface area contributed by atoms with Gasteiger partial charge in [-0.1, -0.05) is 6.92 Å². The Kier molecular flexibility index (Phi) is 4.25. The van der Waals surface area contributed by atoms with E-state index in [4.69, 9.17) is 4.74 Å². The lowest BCUT2D eigenvalue weighted by atomic mass is 9.45. The summed E-state index contributed by atoms with van der Waals surface area (Å²) in [5.41, 5.74) is -0.105. The average molecular weight is 348 g/mol. The zero-order valence-electron chi connectivity index (χ0n) is 15.6. The van der Waals surface area contributed by atoms with Crippen molar-refractivity contribution in [2.75, 3.05) is 6.61 Å². The van der Waals surface area contributed by atoms with E-state index < -0.39 is 5.41 Å². The van der Waals surface area contributed by atoms with Gasteiger partial charge in [0.05, 0.1) is 12.0 Å². The van der Waals surface area contributed by atoms with Crippen molar-refractivity contribution in [2.24, 2.45) is 34.5 Å². The molecule has 0 heterocycles. The molecule has 4 heteroatoms. The van der Waals surface area contributed by atoms with Gasteiger partial charge in [0.25, 0.3) is 0 Å². The van der Waals surface area contributed by atoms with Crippen LogP contribution in [-0.4, -0.2) is 29.6 Å². The minimum atomic E-state index is -0.417. The van der Waals surface area contributed by atoms with E-state index in [1.807, 2.05) is 0 Å². The first kappa shape index (κ1) is 17.5. The van der Waals surface area contributed by atoms with Crippen LogP contribution >= 0.6 is 0 Å². The molecule has 4 aliphatic rings. The number of hydrogen-bond donors (Lipinski definition) is 1. The van der Waals surface area contributed by atoms with Gasteiger partial charge in [-0.05, 0) is 80.5 Å². The number of rotatable bonds is 2. The van der Waals surface area contributed by atoms with Crippen molar-refractivity contribution >= 4 is 11.8 Å². The summed E-state index contributed by atoms with van der Waals surface area (Å²) in [7, 11) is 0. The predicted molar refractivity (Wildman–Crippen MR) is 93.7 cm³/mol. The fourth-order valence-corrected chi connectivity index (χ4v) is 7.43. The molecule has 4 rings (SSSR count). The number of aliphatic hydroxyl groups is 1. The van der Waals surface area contributed by atoms with Crippen molar-refractivity contribution in [1.29, 1.82) is 0 Å².